The topological polar surface area (TPSA) is 31.2 Å². The fourth-order valence-electron chi connectivity index (χ4n) is 1.02. The van der Waals surface area contributed by atoms with E-state index in [1.54, 1.807) is 19.1 Å². The lowest BCUT2D eigenvalue weighted by Gasteiger charge is -2.09. The van der Waals surface area contributed by atoms with Gasteiger partial charge in [-0.1, -0.05) is 6.07 Å². The summed E-state index contributed by atoms with van der Waals surface area (Å²) >= 11 is 0. The lowest BCUT2D eigenvalue weighted by Crippen LogP contribution is -2.25. The van der Waals surface area contributed by atoms with Crippen LogP contribution in [0, 0.1) is 6.92 Å². The van der Waals surface area contributed by atoms with Gasteiger partial charge in [-0.2, -0.15) is 13.2 Å². The Bertz CT molecular complexity index is 384. The molecule has 0 saturated carbocycles. The summed E-state index contributed by atoms with van der Waals surface area (Å²) < 4.78 is 40.6. The summed E-state index contributed by atoms with van der Waals surface area (Å²) in [4.78, 5) is 11.3. The van der Waals surface area contributed by atoms with Gasteiger partial charge in [0.1, 0.15) is 13.3 Å². The Balaban J connectivity index is 2.59. The third kappa shape index (κ3) is 3.75. The average Bonchev–Trinajstić information content (AvgIpc) is 2.10. The van der Waals surface area contributed by atoms with Crippen LogP contribution in [0.2, 0.25) is 0 Å². The molecule has 1 rings (SSSR count). The fraction of sp³-hybridized carbons (Fsp3) is 0.444. The maximum atomic E-state index is 11.7. The minimum absolute atomic E-state index is 0.348. The van der Waals surface area contributed by atoms with E-state index in [1.165, 1.54) is 6.20 Å². The van der Waals surface area contributed by atoms with Crippen LogP contribution >= 0.6 is 0 Å². The van der Waals surface area contributed by atoms with Crippen LogP contribution in [0.5, 0.6) is 0 Å². The van der Waals surface area contributed by atoms with Crippen LogP contribution in [0.3, 0.4) is 0 Å². The van der Waals surface area contributed by atoms with Crippen molar-refractivity contribution in [1.29, 1.82) is 0 Å². The van der Waals surface area contributed by atoms with E-state index in [1.807, 2.05) is 0 Å². The van der Waals surface area contributed by atoms with E-state index < -0.39 is 12.8 Å². The Labute approximate surface area is 84.1 Å². The fourth-order valence-corrected chi connectivity index (χ4v) is 1.02. The van der Waals surface area contributed by atoms with Crippen molar-refractivity contribution in [2.45, 2.75) is 19.8 Å². The lowest BCUT2D eigenvalue weighted by atomic mass is 10.3. The molecule has 0 radical (unpaired) electrons. The molecule has 0 spiro atoms. The van der Waals surface area contributed by atoms with Gasteiger partial charge in [0.25, 0.3) is 5.56 Å². The number of aryl methyl sites for hydroxylation is 1. The first-order valence-electron chi connectivity index (χ1n) is 4.21. The zero-order valence-electron chi connectivity index (χ0n) is 8.04. The Morgan fingerprint density at radius 1 is 1.47 bits per heavy atom. The molecule has 0 unspecified atom stereocenters. The van der Waals surface area contributed by atoms with Crippen LogP contribution in [0.4, 0.5) is 13.2 Å². The SMILES string of the molecule is Cc1cccn(COCC(F)(F)F)c1=O. The third-order valence-corrected chi connectivity index (χ3v) is 1.71. The molecule has 0 bridgehead atoms. The number of nitrogens with zero attached hydrogens (tertiary/aromatic N) is 1. The maximum absolute atomic E-state index is 11.7. The van der Waals surface area contributed by atoms with Gasteiger partial charge in [0.05, 0.1) is 0 Å². The van der Waals surface area contributed by atoms with Gasteiger partial charge in [0.15, 0.2) is 0 Å². The quantitative estimate of drug-likeness (QED) is 0.777. The van der Waals surface area contributed by atoms with Gasteiger partial charge in [0.2, 0.25) is 0 Å². The molecule has 1 heterocycles. The Hall–Kier alpha value is -1.30. The maximum Gasteiger partial charge on any atom is 0.411 e. The Morgan fingerprint density at radius 2 is 2.13 bits per heavy atom. The third-order valence-electron chi connectivity index (χ3n) is 1.71. The first-order valence-corrected chi connectivity index (χ1v) is 4.21. The van der Waals surface area contributed by atoms with Crippen molar-refractivity contribution in [3.05, 3.63) is 34.2 Å². The molecule has 0 atom stereocenters. The second-order valence-corrected chi connectivity index (χ2v) is 3.06. The van der Waals surface area contributed by atoms with Gasteiger partial charge in [-0.25, -0.2) is 0 Å². The molecule has 15 heavy (non-hydrogen) atoms. The van der Waals surface area contributed by atoms with E-state index in [0.29, 0.717) is 5.56 Å². The molecule has 0 amide bonds. The predicted molar refractivity (Wildman–Crippen MR) is 47.4 cm³/mol. The van der Waals surface area contributed by atoms with Crippen molar-refractivity contribution in [2.75, 3.05) is 6.61 Å². The van der Waals surface area contributed by atoms with Gasteiger partial charge in [-0.05, 0) is 13.0 Å². The van der Waals surface area contributed by atoms with Crippen LogP contribution in [0.1, 0.15) is 5.56 Å². The van der Waals surface area contributed by atoms with Crippen molar-refractivity contribution in [1.82, 2.24) is 4.57 Å². The van der Waals surface area contributed by atoms with Crippen LogP contribution in [0.25, 0.3) is 0 Å². The molecule has 0 N–H and O–H groups in total. The molecule has 0 saturated heterocycles. The average molecular weight is 221 g/mol. The highest BCUT2D eigenvalue weighted by atomic mass is 19.4. The Kier molecular flexibility index (Phi) is 3.52. The van der Waals surface area contributed by atoms with Crippen LogP contribution in [-0.4, -0.2) is 17.4 Å². The van der Waals surface area contributed by atoms with Crippen LogP contribution in [0.15, 0.2) is 23.1 Å². The predicted octanol–water partition coefficient (Wildman–Crippen LogP) is 1.69. The summed E-state index contributed by atoms with van der Waals surface area (Å²) in [6, 6.07) is 3.16. The molecular weight excluding hydrogens is 211 g/mol. The Morgan fingerprint density at radius 3 is 2.73 bits per heavy atom. The summed E-state index contributed by atoms with van der Waals surface area (Å²) in [5, 5.41) is 0. The minimum Gasteiger partial charge on any atom is -0.351 e. The molecule has 0 aliphatic heterocycles. The molecular formula is C9H10F3NO2. The first kappa shape index (κ1) is 11.8. The van der Waals surface area contributed by atoms with Gasteiger partial charge in [-0.15, -0.1) is 0 Å². The van der Waals surface area contributed by atoms with Crippen LogP contribution < -0.4 is 5.56 Å². The van der Waals surface area contributed by atoms with Crippen molar-refractivity contribution in [3.63, 3.8) is 0 Å². The van der Waals surface area contributed by atoms with E-state index in [-0.39, 0.29) is 12.3 Å². The van der Waals surface area contributed by atoms with Gasteiger partial charge < -0.3 is 4.74 Å². The lowest BCUT2D eigenvalue weighted by molar-refractivity contribution is -0.182. The molecule has 0 aliphatic carbocycles. The normalized spacial score (nSPS) is 11.7. The minimum atomic E-state index is -4.37. The number of hydrogen-bond acceptors (Lipinski definition) is 2. The van der Waals surface area contributed by atoms with Crippen molar-refractivity contribution < 1.29 is 17.9 Å². The van der Waals surface area contributed by atoms with Gasteiger partial charge in [-0.3, -0.25) is 9.36 Å². The molecule has 1 aromatic heterocycles. The summed E-state index contributed by atoms with van der Waals surface area (Å²) in [6.07, 6.45) is -2.99. The van der Waals surface area contributed by atoms with Crippen molar-refractivity contribution in [3.8, 4) is 0 Å². The summed E-state index contributed by atoms with van der Waals surface area (Å²) in [5.41, 5.74) is 0.118. The number of pyridine rings is 1. The second kappa shape index (κ2) is 4.48. The van der Waals surface area contributed by atoms with Gasteiger partial charge in [0, 0.05) is 11.8 Å². The van der Waals surface area contributed by atoms with E-state index in [4.69, 9.17) is 0 Å². The highest BCUT2D eigenvalue weighted by molar-refractivity contribution is 5.07. The number of ether oxygens (including phenoxy) is 1. The second-order valence-electron chi connectivity index (χ2n) is 3.06. The monoisotopic (exact) mass is 221 g/mol. The van der Waals surface area contributed by atoms with Crippen LogP contribution in [-0.2, 0) is 11.5 Å². The number of aromatic nitrogens is 1. The number of halogens is 3. The van der Waals surface area contributed by atoms with E-state index in [2.05, 4.69) is 4.74 Å². The van der Waals surface area contributed by atoms with Crippen molar-refractivity contribution >= 4 is 0 Å². The van der Waals surface area contributed by atoms with E-state index in [9.17, 15) is 18.0 Å². The largest absolute Gasteiger partial charge is 0.411 e. The van der Waals surface area contributed by atoms with E-state index >= 15 is 0 Å². The molecule has 0 aromatic carbocycles. The number of alkyl halides is 3. The van der Waals surface area contributed by atoms with Gasteiger partial charge >= 0.3 is 6.18 Å². The first-order chi connectivity index (χ1) is 6.90. The zero-order chi connectivity index (χ0) is 11.5. The molecule has 1 aromatic rings. The molecule has 0 aliphatic rings. The highest BCUT2D eigenvalue weighted by Gasteiger charge is 2.27. The number of hydrogen-bond donors (Lipinski definition) is 0. The summed E-state index contributed by atoms with van der Waals surface area (Å²) in [5.74, 6) is 0. The summed E-state index contributed by atoms with van der Waals surface area (Å²) in [7, 11) is 0. The molecule has 3 nitrogen and oxygen atoms in total. The standard InChI is InChI=1S/C9H10F3NO2/c1-7-3-2-4-13(8(7)14)6-15-5-9(10,11)12/h2-4H,5-6H2,1H3. The zero-order valence-corrected chi connectivity index (χ0v) is 8.04. The molecule has 84 valence electrons. The molecule has 6 heteroatoms. The van der Waals surface area contributed by atoms with Crippen molar-refractivity contribution in [2.24, 2.45) is 0 Å². The highest BCUT2D eigenvalue weighted by Crippen LogP contribution is 2.14. The van der Waals surface area contributed by atoms with E-state index in [0.717, 1.165) is 4.57 Å². The number of rotatable bonds is 3. The summed E-state index contributed by atoms with van der Waals surface area (Å²) in [6.45, 7) is -0.157. The smallest absolute Gasteiger partial charge is 0.351 e. The molecule has 0 fully saturated rings.